The predicted molar refractivity (Wildman–Crippen MR) is 99.0 cm³/mol. The van der Waals surface area contributed by atoms with Gasteiger partial charge in [-0.3, -0.25) is 9.69 Å². The van der Waals surface area contributed by atoms with E-state index in [4.69, 9.17) is 4.74 Å². The third-order valence-corrected chi connectivity index (χ3v) is 4.81. The van der Waals surface area contributed by atoms with Crippen molar-refractivity contribution in [3.63, 3.8) is 0 Å². The van der Waals surface area contributed by atoms with Gasteiger partial charge in [-0.25, -0.2) is 0 Å². The summed E-state index contributed by atoms with van der Waals surface area (Å²) in [4.78, 5) is 18.7. The van der Waals surface area contributed by atoms with Gasteiger partial charge in [0, 0.05) is 25.7 Å². The minimum absolute atomic E-state index is 0.130. The van der Waals surface area contributed by atoms with E-state index in [1.54, 1.807) is 4.90 Å². The highest BCUT2D eigenvalue weighted by Crippen LogP contribution is 2.43. The van der Waals surface area contributed by atoms with Gasteiger partial charge in [0.25, 0.3) is 0 Å². The number of carbonyl (C=O) groups excluding carboxylic acids is 1. The summed E-state index contributed by atoms with van der Waals surface area (Å²) < 4.78 is 8.17. The Morgan fingerprint density at radius 2 is 2.00 bits per heavy atom. The summed E-state index contributed by atoms with van der Waals surface area (Å²) in [6.07, 6.45) is 3.14. The number of aromatic nitrogens is 4. The summed E-state index contributed by atoms with van der Waals surface area (Å²) >= 11 is 1.39. The second-order valence-electron chi connectivity index (χ2n) is 5.87. The molecule has 0 saturated carbocycles. The van der Waals surface area contributed by atoms with Crippen LogP contribution in [0.3, 0.4) is 0 Å². The van der Waals surface area contributed by atoms with Gasteiger partial charge in [-0.2, -0.15) is 4.98 Å². The molecule has 0 N–H and O–H groups in total. The molecule has 8 heteroatoms. The molecule has 1 aromatic carbocycles. The zero-order valence-corrected chi connectivity index (χ0v) is 15.4. The summed E-state index contributed by atoms with van der Waals surface area (Å²) in [5, 5.41) is 8.98. The maximum absolute atomic E-state index is 12.6. The van der Waals surface area contributed by atoms with Gasteiger partial charge in [-0.15, -0.1) is 10.2 Å². The van der Waals surface area contributed by atoms with E-state index in [0.717, 1.165) is 16.9 Å². The number of hydrogen-bond donors (Lipinski definition) is 0. The molecule has 0 unspecified atom stereocenters. The van der Waals surface area contributed by atoms with E-state index in [2.05, 4.69) is 15.2 Å². The van der Waals surface area contributed by atoms with E-state index in [9.17, 15) is 4.79 Å². The summed E-state index contributed by atoms with van der Waals surface area (Å²) in [5.41, 5.74) is 2.86. The van der Waals surface area contributed by atoms with Crippen LogP contribution in [0, 0.1) is 0 Å². The molecule has 0 radical (unpaired) electrons. The number of nitrogens with zero attached hydrogens (tertiary/aromatic N) is 5. The number of para-hydroxylation sites is 1. The number of thioether (sulfide) groups is 1. The molecule has 4 rings (SSSR count). The molecule has 1 amide bonds. The molecule has 2 aromatic heterocycles. The van der Waals surface area contributed by atoms with Crippen molar-refractivity contribution in [3.8, 4) is 17.1 Å². The standard InChI is InChI=1S/C18H17N5O2S/c1-11(24)23-13-8-5-4-7-12(13)15-16(19-18(26-3)21-20-15)25-17(23)14-9-6-10-22(14)2/h4-10,17H,1-3H3/t17-/m1/s1. The number of rotatable bonds is 2. The SMILES string of the molecule is CSc1nnc2c(n1)O[C@H](c1cccn1C)N(C(C)=O)c1ccccc1-2. The zero-order chi connectivity index (χ0) is 18.3. The third kappa shape index (κ3) is 2.62. The lowest BCUT2D eigenvalue weighted by Gasteiger charge is -2.29. The van der Waals surface area contributed by atoms with Crippen LogP contribution in [0.4, 0.5) is 5.69 Å². The van der Waals surface area contributed by atoms with E-state index < -0.39 is 6.23 Å². The van der Waals surface area contributed by atoms with E-state index in [-0.39, 0.29) is 5.91 Å². The molecule has 3 aromatic rings. The molecule has 1 atom stereocenters. The Kier molecular flexibility index (Phi) is 4.12. The van der Waals surface area contributed by atoms with Gasteiger partial charge < -0.3 is 9.30 Å². The van der Waals surface area contributed by atoms with Crippen LogP contribution in [-0.4, -0.2) is 31.9 Å². The molecule has 1 aliphatic rings. The third-order valence-electron chi connectivity index (χ3n) is 4.27. The second kappa shape index (κ2) is 6.45. The number of aryl methyl sites for hydroxylation is 1. The highest BCUT2D eigenvalue weighted by molar-refractivity contribution is 7.98. The van der Waals surface area contributed by atoms with Gasteiger partial charge >= 0.3 is 0 Å². The number of carbonyl (C=O) groups is 1. The highest BCUT2D eigenvalue weighted by Gasteiger charge is 2.35. The number of fused-ring (bicyclic) bond motifs is 3. The summed E-state index contributed by atoms with van der Waals surface area (Å²) in [5.74, 6) is 0.237. The first kappa shape index (κ1) is 16.6. The molecule has 0 saturated heterocycles. The number of hydrogen-bond acceptors (Lipinski definition) is 6. The fourth-order valence-corrected chi connectivity index (χ4v) is 3.36. The van der Waals surface area contributed by atoms with E-state index in [0.29, 0.717) is 16.7 Å². The van der Waals surface area contributed by atoms with Gasteiger partial charge in [0.15, 0.2) is 5.69 Å². The second-order valence-corrected chi connectivity index (χ2v) is 6.65. The van der Waals surface area contributed by atoms with Gasteiger partial charge in [0.1, 0.15) is 0 Å². The lowest BCUT2D eigenvalue weighted by molar-refractivity contribution is -0.118. The maximum Gasteiger partial charge on any atom is 0.247 e. The normalized spacial score (nSPS) is 15.7. The van der Waals surface area contributed by atoms with Crippen molar-refractivity contribution in [1.82, 2.24) is 19.7 Å². The van der Waals surface area contributed by atoms with E-state index >= 15 is 0 Å². The highest BCUT2D eigenvalue weighted by atomic mass is 32.2. The molecular weight excluding hydrogens is 350 g/mol. The van der Waals surface area contributed by atoms with Crippen molar-refractivity contribution < 1.29 is 9.53 Å². The summed E-state index contributed by atoms with van der Waals surface area (Å²) in [6.45, 7) is 1.53. The van der Waals surface area contributed by atoms with Crippen LogP contribution in [0.15, 0.2) is 47.8 Å². The molecule has 0 aliphatic carbocycles. The van der Waals surface area contributed by atoms with Crippen LogP contribution >= 0.6 is 11.8 Å². The Balaban J connectivity index is 1.99. The van der Waals surface area contributed by atoms with Gasteiger partial charge in [0.2, 0.25) is 23.2 Å². The number of anilines is 1. The minimum Gasteiger partial charge on any atom is -0.445 e. The number of ether oxygens (including phenoxy) is 1. The van der Waals surface area contributed by atoms with Crippen LogP contribution in [0.5, 0.6) is 5.88 Å². The van der Waals surface area contributed by atoms with Gasteiger partial charge in [0.05, 0.1) is 11.4 Å². The average molecular weight is 367 g/mol. The topological polar surface area (TPSA) is 73.1 Å². The first-order chi connectivity index (χ1) is 12.6. The fourth-order valence-electron chi connectivity index (χ4n) is 3.06. The Morgan fingerprint density at radius 3 is 2.69 bits per heavy atom. The van der Waals surface area contributed by atoms with Crippen molar-refractivity contribution in [2.45, 2.75) is 18.3 Å². The first-order valence-electron chi connectivity index (χ1n) is 8.06. The number of benzene rings is 1. The van der Waals surface area contributed by atoms with Crippen LogP contribution in [0.25, 0.3) is 11.3 Å². The largest absolute Gasteiger partial charge is 0.445 e. The molecular formula is C18H17N5O2S. The predicted octanol–water partition coefficient (Wildman–Crippen LogP) is 3.04. The van der Waals surface area contributed by atoms with Crippen molar-refractivity contribution in [2.75, 3.05) is 11.2 Å². The summed E-state index contributed by atoms with van der Waals surface area (Å²) in [7, 11) is 1.92. The quantitative estimate of drug-likeness (QED) is 0.648. The van der Waals surface area contributed by atoms with Gasteiger partial charge in [-0.1, -0.05) is 30.0 Å². The minimum atomic E-state index is -0.652. The molecule has 7 nitrogen and oxygen atoms in total. The molecule has 3 heterocycles. The Morgan fingerprint density at radius 1 is 1.19 bits per heavy atom. The van der Waals surface area contributed by atoms with Gasteiger partial charge in [-0.05, 0) is 24.5 Å². The van der Waals surface area contributed by atoms with Crippen LogP contribution in [0.2, 0.25) is 0 Å². The Hall–Kier alpha value is -2.87. The number of amides is 1. The fraction of sp³-hybridized carbons (Fsp3) is 0.222. The smallest absolute Gasteiger partial charge is 0.247 e. The average Bonchev–Trinajstić information content (AvgIpc) is 3.00. The van der Waals surface area contributed by atoms with Crippen molar-refractivity contribution >= 4 is 23.4 Å². The summed E-state index contributed by atoms with van der Waals surface area (Å²) in [6, 6.07) is 11.4. The zero-order valence-electron chi connectivity index (χ0n) is 14.6. The molecule has 0 spiro atoms. The maximum atomic E-state index is 12.6. The van der Waals surface area contributed by atoms with Crippen molar-refractivity contribution in [1.29, 1.82) is 0 Å². The van der Waals surface area contributed by atoms with Crippen molar-refractivity contribution in [3.05, 3.63) is 48.3 Å². The monoisotopic (exact) mass is 367 g/mol. The van der Waals surface area contributed by atoms with E-state index in [1.807, 2.05) is 60.5 Å². The first-order valence-corrected chi connectivity index (χ1v) is 9.28. The van der Waals surface area contributed by atoms with Crippen LogP contribution in [0.1, 0.15) is 18.8 Å². The Bertz CT molecular complexity index is 987. The molecule has 1 aliphatic heterocycles. The molecule has 0 bridgehead atoms. The Labute approximate surface area is 155 Å². The van der Waals surface area contributed by atoms with Crippen LogP contribution < -0.4 is 9.64 Å². The molecule has 26 heavy (non-hydrogen) atoms. The molecule has 132 valence electrons. The lowest BCUT2D eigenvalue weighted by Crippen LogP contribution is -2.37. The molecule has 0 fully saturated rings. The van der Waals surface area contributed by atoms with E-state index in [1.165, 1.54) is 18.7 Å². The van der Waals surface area contributed by atoms with Crippen LogP contribution in [-0.2, 0) is 11.8 Å². The lowest BCUT2D eigenvalue weighted by atomic mass is 10.1. The van der Waals surface area contributed by atoms with Crippen molar-refractivity contribution in [2.24, 2.45) is 7.05 Å².